The molecular weight excluding hydrogens is 452 g/mol. The molecule has 0 aromatic heterocycles. The van der Waals surface area contributed by atoms with E-state index in [1.807, 2.05) is 0 Å². The van der Waals surface area contributed by atoms with Gasteiger partial charge in [0.05, 0.1) is 15.5 Å². The van der Waals surface area contributed by atoms with Crippen LogP contribution in [-0.2, 0) is 10.0 Å². The number of carbonyl (C=O) groups is 1. The van der Waals surface area contributed by atoms with Crippen LogP contribution < -0.4 is 5.32 Å². The molecule has 27 heavy (non-hydrogen) atoms. The largest absolute Gasteiger partial charge is 0.322 e. The summed E-state index contributed by atoms with van der Waals surface area (Å²) in [6, 6.07) is 11.3. The maximum absolute atomic E-state index is 12.9. The molecule has 3 rings (SSSR count). The Labute approximate surface area is 172 Å². The van der Waals surface area contributed by atoms with E-state index in [9.17, 15) is 13.2 Å². The third-order valence-corrected chi connectivity index (χ3v) is 7.42. The third-order valence-electron chi connectivity index (χ3n) is 4.66. The van der Waals surface area contributed by atoms with Crippen LogP contribution in [0.3, 0.4) is 0 Å². The van der Waals surface area contributed by atoms with Crippen molar-refractivity contribution in [3.05, 3.63) is 57.5 Å². The van der Waals surface area contributed by atoms with Gasteiger partial charge in [0.1, 0.15) is 0 Å². The maximum atomic E-state index is 12.9. The minimum atomic E-state index is -3.65. The molecule has 1 amide bonds. The zero-order valence-electron chi connectivity index (χ0n) is 14.8. The Morgan fingerprint density at radius 2 is 1.78 bits per heavy atom. The van der Waals surface area contributed by atoms with Gasteiger partial charge in [-0.05, 0) is 61.2 Å². The molecule has 1 saturated heterocycles. The van der Waals surface area contributed by atoms with Crippen molar-refractivity contribution < 1.29 is 13.2 Å². The molecule has 0 atom stereocenters. The van der Waals surface area contributed by atoms with Crippen molar-refractivity contribution in [2.45, 2.75) is 24.7 Å². The second-order valence-corrected chi connectivity index (χ2v) is 9.95. The molecule has 0 spiro atoms. The van der Waals surface area contributed by atoms with Crippen LogP contribution in [0.4, 0.5) is 5.69 Å². The fourth-order valence-corrected chi connectivity index (χ4v) is 4.91. The number of benzene rings is 2. The molecule has 0 bridgehead atoms. The summed E-state index contributed by atoms with van der Waals surface area (Å²) >= 11 is 9.50. The quantitative estimate of drug-likeness (QED) is 0.698. The topological polar surface area (TPSA) is 66.5 Å². The third kappa shape index (κ3) is 4.71. The standard InChI is InChI=1S/C19H20BrClN2O3S/c1-13-8-10-23(11-9-13)27(25,26)16-6-7-18(21)17(12-16)19(24)22-15-4-2-14(20)3-5-15/h2-7,12-13H,8-11H2,1H3,(H,22,24). The molecule has 2 aromatic carbocycles. The van der Waals surface area contributed by atoms with E-state index in [0.29, 0.717) is 24.7 Å². The van der Waals surface area contributed by atoms with E-state index >= 15 is 0 Å². The van der Waals surface area contributed by atoms with Gasteiger partial charge in [0, 0.05) is 23.2 Å². The highest BCUT2D eigenvalue weighted by atomic mass is 79.9. The summed E-state index contributed by atoms with van der Waals surface area (Å²) < 4.78 is 28.2. The van der Waals surface area contributed by atoms with Crippen molar-refractivity contribution in [1.82, 2.24) is 4.31 Å². The molecule has 5 nitrogen and oxygen atoms in total. The molecule has 0 saturated carbocycles. The van der Waals surface area contributed by atoms with E-state index in [1.165, 1.54) is 22.5 Å². The number of nitrogens with one attached hydrogen (secondary N) is 1. The lowest BCUT2D eigenvalue weighted by molar-refractivity contribution is 0.102. The molecule has 0 radical (unpaired) electrons. The minimum Gasteiger partial charge on any atom is -0.322 e. The second-order valence-electron chi connectivity index (χ2n) is 6.69. The molecule has 0 aliphatic carbocycles. The maximum Gasteiger partial charge on any atom is 0.257 e. The van der Waals surface area contributed by atoms with Crippen molar-refractivity contribution >= 4 is 49.1 Å². The van der Waals surface area contributed by atoms with Gasteiger partial charge in [0.15, 0.2) is 0 Å². The monoisotopic (exact) mass is 470 g/mol. The SMILES string of the molecule is CC1CCN(S(=O)(=O)c2ccc(Cl)c(C(=O)Nc3ccc(Br)cc3)c2)CC1. The summed E-state index contributed by atoms with van der Waals surface area (Å²) in [5.74, 6) is 0.0700. The number of rotatable bonds is 4. The van der Waals surface area contributed by atoms with Crippen LogP contribution in [0.2, 0.25) is 5.02 Å². The lowest BCUT2D eigenvalue weighted by Gasteiger charge is -2.29. The van der Waals surface area contributed by atoms with Crippen LogP contribution in [0.5, 0.6) is 0 Å². The van der Waals surface area contributed by atoms with E-state index in [0.717, 1.165) is 17.3 Å². The van der Waals surface area contributed by atoms with E-state index in [-0.39, 0.29) is 15.5 Å². The first-order valence-electron chi connectivity index (χ1n) is 8.64. The highest BCUT2D eigenvalue weighted by Crippen LogP contribution is 2.27. The second kappa shape index (κ2) is 8.31. The van der Waals surface area contributed by atoms with E-state index in [1.54, 1.807) is 24.3 Å². The molecule has 1 aliphatic heterocycles. The number of hydrogen-bond acceptors (Lipinski definition) is 3. The van der Waals surface area contributed by atoms with E-state index in [4.69, 9.17) is 11.6 Å². The van der Waals surface area contributed by atoms with Gasteiger partial charge in [-0.2, -0.15) is 4.31 Å². The van der Waals surface area contributed by atoms with E-state index in [2.05, 4.69) is 28.2 Å². The number of halogens is 2. The Morgan fingerprint density at radius 1 is 1.15 bits per heavy atom. The predicted molar refractivity (Wildman–Crippen MR) is 111 cm³/mol. The van der Waals surface area contributed by atoms with Gasteiger partial charge in [-0.25, -0.2) is 8.42 Å². The van der Waals surface area contributed by atoms with Gasteiger partial charge in [-0.1, -0.05) is 34.5 Å². The molecular formula is C19H20BrClN2O3S. The molecule has 1 N–H and O–H groups in total. The number of sulfonamides is 1. The zero-order valence-corrected chi connectivity index (χ0v) is 17.9. The van der Waals surface area contributed by atoms with Crippen molar-refractivity contribution in [3.63, 3.8) is 0 Å². The van der Waals surface area contributed by atoms with Crippen molar-refractivity contribution in [2.24, 2.45) is 5.92 Å². The highest BCUT2D eigenvalue weighted by Gasteiger charge is 2.29. The first-order valence-corrected chi connectivity index (χ1v) is 11.2. The van der Waals surface area contributed by atoms with Crippen LogP contribution in [0.15, 0.2) is 51.8 Å². The summed E-state index contributed by atoms with van der Waals surface area (Å²) in [7, 11) is -3.65. The van der Waals surface area contributed by atoms with Gasteiger partial charge in [0.25, 0.3) is 5.91 Å². The smallest absolute Gasteiger partial charge is 0.257 e. The number of piperidine rings is 1. The van der Waals surface area contributed by atoms with E-state index < -0.39 is 15.9 Å². The lowest BCUT2D eigenvalue weighted by atomic mass is 10.0. The van der Waals surface area contributed by atoms with Gasteiger partial charge >= 0.3 is 0 Å². The van der Waals surface area contributed by atoms with Gasteiger partial charge in [-0.3, -0.25) is 4.79 Å². The average Bonchev–Trinajstić information content (AvgIpc) is 2.64. The fraction of sp³-hybridized carbons (Fsp3) is 0.316. The fourth-order valence-electron chi connectivity index (χ4n) is 2.94. The highest BCUT2D eigenvalue weighted by molar-refractivity contribution is 9.10. The van der Waals surface area contributed by atoms with Crippen LogP contribution >= 0.6 is 27.5 Å². The number of nitrogens with zero attached hydrogens (tertiary/aromatic N) is 1. The number of hydrogen-bond donors (Lipinski definition) is 1. The molecule has 0 unspecified atom stereocenters. The Bertz CT molecular complexity index is 940. The average molecular weight is 472 g/mol. The van der Waals surface area contributed by atoms with Crippen LogP contribution in [-0.4, -0.2) is 31.7 Å². The Kier molecular flexibility index (Phi) is 6.25. The Morgan fingerprint density at radius 3 is 2.41 bits per heavy atom. The Hall–Kier alpha value is -1.41. The minimum absolute atomic E-state index is 0.0856. The first kappa shape index (κ1) is 20.3. The predicted octanol–water partition coefficient (Wildman–Crippen LogP) is 4.78. The lowest BCUT2D eigenvalue weighted by Crippen LogP contribution is -2.37. The Balaban J connectivity index is 1.85. The van der Waals surface area contributed by atoms with Crippen molar-refractivity contribution in [3.8, 4) is 0 Å². The molecule has 144 valence electrons. The van der Waals surface area contributed by atoms with Gasteiger partial charge in [-0.15, -0.1) is 0 Å². The van der Waals surface area contributed by atoms with Crippen molar-refractivity contribution in [1.29, 1.82) is 0 Å². The number of amides is 1. The summed E-state index contributed by atoms with van der Waals surface area (Å²) in [6.45, 7) is 3.11. The zero-order chi connectivity index (χ0) is 19.6. The van der Waals surface area contributed by atoms with Crippen LogP contribution in [0.1, 0.15) is 30.1 Å². The van der Waals surface area contributed by atoms with Crippen LogP contribution in [0.25, 0.3) is 0 Å². The molecule has 1 fully saturated rings. The number of carbonyl (C=O) groups excluding carboxylic acids is 1. The molecule has 2 aromatic rings. The van der Waals surface area contributed by atoms with Crippen LogP contribution in [0, 0.1) is 5.92 Å². The summed E-state index contributed by atoms with van der Waals surface area (Å²) in [6.07, 6.45) is 1.67. The van der Waals surface area contributed by atoms with Gasteiger partial charge < -0.3 is 5.32 Å². The summed E-state index contributed by atoms with van der Waals surface area (Å²) in [5, 5.41) is 2.94. The van der Waals surface area contributed by atoms with Crippen molar-refractivity contribution in [2.75, 3.05) is 18.4 Å². The first-order chi connectivity index (χ1) is 12.8. The summed E-state index contributed by atoms with van der Waals surface area (Å²) in [5.41, 5.74) is 0.726. The molecule has 1 aliphatic rings. The molecule has 1 heterocycles. The number of anilines is 1. The van der Waals surface area contributed by atoms with Gasteiger partial charge in [0.2, 0.25) is 10.0 Å². The summed E-state index contributed by atoms with van der Waals surface area (Å²) in [4.78, 5) is 12.7. The normalized spacial score (nSPS) is 16.3. The molecule has 8 heteroatoms.